The Morgan fingerprint density at radius 2 is 1.92 bits per heavy atom. The van der Waals surface area contributed by atoms with Crippen molar-refractivity contribution in [2.24, 2.45) is 10.7 Å². The van der Waals surface area contributed by atoms with Gasteiger partial charge in [-0.25, -0.2) is 4.99 Å². The van der Waals surface area contributed by atoms with Gasteiger partial charge in [0.2, 0.25) is 0 Å². The Hall–Kier alpha value is -1.56. The molecule has 0 aliphatic carbocycles. The number of nitrogens with one attached hydrogen (secondary N) is 1. The lowest BCUT2D eigenvalue weighted by Gasteiger charge is -2.16. The lowest BCUT2D eigenvalue weighted by molar-refractivity contribution is 0.686. The summed E-state index contributed by atoms with van der Waals surface area (Å²) in [6.45, 7) is 2.39. The van der Waals surface area contributed by atoms with Crippen LogP contribution in [-0.2, 0) is 17.3 Å². The summed E-state index contributed by atoms with van der Waals surface area (Å²) < 4.78 is 11.4. The van der Waals surface area contributed by atoms with Crippen molar-refractivity contribution in [1.82, 2.24) is 5.32 Å². The number of halogens is 2. The zero-order valence-electron chi connectivity index (χ0n) is 13.4. The summed E-state index contributed by atoms with van der Waals surface area (Å²) >= 11 is 12.1. The maximum atomic E-state index is 11.4. The fourth-order valence-electron chi connectivity index (χ4n) is 2.16. The largest absolute Gasteiger partial charge is 0.370 e. The standard InChI is InChI=1S/C17H19Cl2N3OS/c1-11(15-8-5-13(18)9-16(15)19)22-17(20)21-10-12-3-6-14(7-4-12)24(2)23/h3-9,11H,10H2,1-2H3,(H3,20,21,22). The van der Waals surface area contributed by atoms with Gasteiger partial charge >= 0.3 is 0 Å². The molecule has 2 aromatic carbocycles. The highest BCUT2D eigenvalue weighted by Gasteiger charge is 2.10. The number of benzene rings is 2. The van der Waals surface area contributed by atoms with E-state index in [4.69, 9.17) is 28.9 Å². The van der Waals surface area contributed by atoms with Crippen molar-refractivity contribution in [1.29, 1.82) is 0 Å². The molecule has 2 atom stereocenters. The predicted octanol–water partition coefficient (Wildman–Crippen LogP) is 3.90. The van der Waals surface area contributed by atoms with Gasteiger partial charge in [0.1, 0.15) is 0 Å². The first-order valence-corrected chi connectivity index (χ1v) is 9.62. The summed E-state index contributed by atoms with van der Waals surface area (Å²) in [7, 11) is -0.978. The number of rotatable bonds is 5. The van der Waals surface area contributed by atoms with Gasteiger partial charge in [-0.15, -0.1) is 0 Å². The minimum atomic E-state index is -0.978. The van der Waals surface area contributed by atoms with Gasteiger partial charge < -0.3 is 11.1 Å². The monoisotopic (exact) mass is 383 g/mol. The van der Waals surface area contributed by atoms with Crippen LogP contribution in [0.25, 0.3) is 0 Å². The highest BCUT2D eigenvalue weighted by Crippen LogP contribution is 2.25. The highest BCUT2D eigenvalue weighted by atomic mass is 35.5. The minimum absolute atomic E-state index is 0.0941. The van der Waals surface area contributed by atoms with E-state index in [2.05, 4.69) is 10.3 Å². The SMILES string of the molecule is CC(NC(N)=NCc1ccc(S(C)=O)cc1)c1ccc(Cl)cc1Cl. The van der Waals surface area contributed by atoms with Gasteiger partial charge in [0.05, 0.1) is 12.6 Å². The third-order valence-corrected chi connectivity index (χ3v) is 4.98. The molecule has 0 heterocycles. The summed E-state index contributed by atoms with van der Waals surface area (Å²) in [6.07, 6.45) is 1.65. The van der Waals surface area contributed by atoms with E-state index in [1.54, 1.807) is 18.4 Å². The van der Waals surface area contributed by atoms with Crippen LogP contribution in [0.5, 0.6) is 0 Å². The Balaban J connectivity index is 1.99. The van der Waals surface area contributed by atoms with Crippen LogP contribution >= 0.6 is 23.2 Å². The Labute approximate surface area is 154 Å². The second kappa shape index (κ2) is 8.51. The number of guanidine groups is 1. The van der Waals surface area contributed by atoms with Crippen LogP contribution in [0.15, 0.2) is 52.4 Å². The summed E-state index contributed by atoms with van der Waals surface area (Å²) in [6, 6.07) is 12.7. The second-order valence-corrected chi connectivity index (χ2v) is 7.55. The predicted molar refractivity (Wildman–Crippen MR) is 102 cm³/mol. The molecule has 0 saturated carbocycles. The van der Waals surface area contributed by atoms with E-state index in [1.165, 1.54) is 0 Å². The molecule has 3 N–H and O–H groups in total. The fraction of sp³-hybridized carbons (Fsp3) is 0.235. The second-order valence-electron chi connectivity index (χ2n) is 5.33. The number of nitrogens with two attached hydrogens (primary N) is 1. The van der Waals surface area contributed by atoms with Crippen molar-refractivity contribution in [2.45, 2.75) is 24.4 Å². The zero-order chi connectivity index (χ0) is 17.7. The lowest BCUT2D eigenvalue weighted by Crippen LogP contribution is -2.34. The van der Waals surface area contributed by atoms with Gasteiger partial charge in [0.15, 0.2) is 5.96 Å². The number of hydrogen-bond donors (Lipinski definition) is 2. The smallest absolute Gasteiger partial charge is 0.189 e. The molecule has 7 heteroatoms. The Morgan fingerprint density at radius 3 is 2.50 bits per heavy atom. The summed E-state index contributed by atoms with van der Waals surface area (Å²) in [5.41, 5.74) is 7.83. The van der Waals surface area contributed by atoms with Crippen LogP contribution in [-0.4, -0.2) is 16.4 Å². The van der Waals surface area contributed by atoms with Crippen LogP contribution in [0.1, 0.15) is 24.1 Å². The lowest BCUT2D eigenvalue weighted by atomic mass is 10.1. The molecule has 0 aliphatic rings. The highest BCUT2D eigenvalue weighted by molar-refractivity contribution is 7.84. The minimum Gasteiger partial charge on any atom is -0.370 e. The average Bonchev–Trinajstić information content (AvgIpc) is 2.53. The number of aliphatic imine (C=N–C) groups is 1. The molecule has 0 saturated heterocycles. The molecular formula is C17H19Cl2N3OS. The van der Waals surface area contributed by atoms with Crippen molar-refractivity contribution >= 4 is 40.0 Å². The van der Waals surface area contributed by atoms with Gasteiger partial charge in [-0.1, -0.05) is 41.4 Å². The van der Waals surface area contributed by atoms with Crippen molar-refractivity contribution in [3.05, 3.63) is 63.6 Å². The van der Waals surface area contributed by atoms with E-state index in [-0.39, 0.29) is 6.04 Å². The Bertz CT molecular complexity index is 763. The first-order chi connectivity index (χ1) is 11.4. The summed E-state index contributed by atoms with van der Waals surface area (Å²) in [5, 5.41) is 4.28. The normalized spacial score (nSPS) is 14.2. The van der Waals surface area contributed by atoms with Gasteiger partial charge in [0, 0.05) is 32.0 Å². The molecule has 2 unspecified atom stereocenters. The van der Waals surface area contributed by atoms with Crippen molar-refractivity contribution in [3.63, 3.8) is 0 Å². The van der Waals surface area contributed by atoms with E-state index < -0.39 is 10.8 Å². The molecule has 0 spiro atoms. The van der Waals surface area contributed by atoms with Gasteiger partial charge in [-0.3, -0.25) is 4.21 Å². The molecule has 2 rings (SSSR count). The van der Waals surface area contributed by atoms with Gasteiger partial charge in [-0.2, -0.15) is 0 Å². The van der Waals surface area contributed by atoms with Gasteiger partial charge in [-0.05, 0) is 42.3 Å². The van der Waals surface area contributed by atoms with Crippen molar-refractivity contribution < 1.29 is 4.21 Å². The molecular weight excluding hydrogens is 365 g/mol. The van der Waals surface area contributed by atoms with E-state index in [0.29, 0.717) is 22.5 Å². The van der Waals surface area contributed by atoms with E-state index in [1.807, 2.05) is 37.3 Å². The number of hydrogen-bond acceptors (Lipinski definition) is 2. The van der Waals surface area contributed by atoms with Gasteiger partial charge in [0.25, 0.3) is 0 Å². The Morgan fingerprint density at radius 1 is 1.25 bits per heavy atom. The average molecular weight is 384 g/mol. The molecule has 0 fully saturated rings. The Kier molecular flexibility index (Phi) is 6.66. The van der Waals surface area contributed by atoms with E-state index in [0.717, 1.165) is 16.0 Å². The van der Waals surface area contributed by atoms with Crippen molar-refractivity contribution in [3.8, 4) is 0 Å². The van der Waals surface area contributed by atoms with Crippen LogP contribution < -0.4 is 11.1 Å². The van der Waals surface area contributed by atoms with E-state index in [9.17, 15) is 4.21 Å². The van der Waals surface area contributed by atoms with Crippen LogP contribution in [0.4, 0.5) is 0 Å². The van der Waals surface area contributed by atoms with E-state index >= 15 is 0 Å². The molecule has 0 amide bonds. The van der Waals surface area contributed by atoms with Crippen LogP contribution in [0.2, 0.25) is 10.0 Å². The topological polar surface area (TPSA) is 67.5 Å². The molecule has 0 aromatic heterocycles. The molecule has 128 valence electrons. The van der Waals surface area contributed by atoms with Crippen LogP contribution in [0, 0.1) is 0 Å². The zero-order valence-corrected chi connectivity index (χ0v) is 15.8. The first-order valence-electron chi connectivity index (χ1n) is 7.30. The number of nitrogens with zero attached hydrogens (tertiary/aromatic N) is 1. The fourth-order valence-corrected chi connectivity index (χ4v) is 3.25. The first kappa shape index (κ1) is 18.8. The maximum Gasteiger partial charge on any atom is 0.189 e. The summed E-state index contributed by atoms with van der Waals surface area (Å²) in [5.74, 6) is 0.330. The molecule has 4 nitrogen and oxygen atoms in total. The molecule has 2 aromatic rings. The quantitative estimate of drug-likeness (QED) is 0.607. The molecule has 24 heavy (non-hydrogen) atoms. The third-order valence-electron chi connectivity index (χ3n) is 3.48. The molecule has 0 bridgehead atoms. The summed E-state index contributed by atoms with van der Waals surface area (Å²) in [4.78, 5) is 5.11. The third kappa shape index (κ3) is 5.23. The molecule has 0 aliphatic heterocycles. The van der Waals surface area contributed by atoms with Crippen LogP contribution in [0.3, 0.4) is 0 Å². The van der Waals surface area contributed by atoms with Crippen molar-refractivity contribution in [2.75, 3.05) is 6.26 Å². The maximum absolute atomic E-state index is 11.4. The molecule has 0 radical (unpaired) electrons.